The van der Waals surface area contributed by atoms with Gasteiger partial charge in [-0.1, -0.05) is 672 Å². The molecule has 0 amide bonds. The Kier molecular flexibility index (Phi) is 98.4. The molecule has 0 aliphatic heterocycles. The molecule has 4 atom stereocenters. The number of unbranched alkanes of at least 4 members (excludes halogenated alkanes) is 84. The quantitative estimate of drug-likeness (QED) is 0.0533. The fourth-order valence-electron chi connectivity index (χ4n) is 21.7. The standard InChI is InChI=1S/C114H230/c1-9-17-24-29-33-37-41-45-49-53-57-61-62-66-70-74-78-82-86-90-94-100-108-114(109-111(101-23-15-7)103-96-91-87-83-79-75-71-67-63-58-54-50-46-42-38-34-30-25-18-10-2,110-112(102-95-22-14-6)104-97-92-88-84-80-76-72-68-64-59-55-51-47-43-39-35-31-26-19-11-3)113(105-16-8,106-98-28-21-13-5)107-99-93-89-85-81-77-73-69-65-60-56-52-48-44-40-36-32-27-20-12-4/h111-112H,9-110H2,1-8H3. The lowest BCUT2D eigenvalue weighted by atomic mass is 9.49. The maximum atomic E-state index is 2.67. The van der Waals surface area contributed by atoms with Crippen molar-refractivity contribution in [1.29, 1.82) is 0 Å². The molecule has 114 heavy (non-hydrogen) atoms. The Morgan fingerprint density at radius 1 is 0.105 bits per heavy atom. The number of hydrogen-bond donors (Lipinski definition) is 0. The van der Waals surface area contributed by atoms with Crippen LogP contribution in [0.1, 0.15) is 710 Å². The van der Waals surface area contributed by atoms with Gasteiger partial charge in [-0.2, -0.15) is 0 Å². The van der Waals surface area contributed by atoms with Crippen molar-refractivity contribution in [2.24, 2.45) is 22.7 Å². The van der Waals surface area contributed by atoms with Crippen molar-refractivity contribution in [3.05, 3.63) is 0 Å². The Bertz CT molecular complexity index is 1660. The van der Waals surface area contributed by atoms with Crippen molar-refractivity contribution >= 4 is 0 Å². The minimum atomic E-state index is 0.493. The third-order valence-corrected chi connectivity index (χ3v) is 29.4. The summed E-state index contributed by atoms with van der Waals surface area (Å²) in [5, 5.41) is 0. The smallest absolute Gasteiger partial charge is 0.0236 e. The lowest BCUT2D eigenvalue weighted by Gasteiger charge is -2.55. The first kappa shape index (κ1) is 114. The van der Waals surface area contributed by atoms with Crippen LogP contribution in [0.25, 0.3) is 0 Å². The van der Waals surface area contributed by atoms with E-state index in [-0.39, 0.29) is 0 Å². The van der Waals surface area contributed by atoms with E-state index in [0.29, 0.717) is 10.8 Å². The van der Waals surface area contributed by atoms with Crippen molar-refractivity contribution in [3.8, 4) is 0 Å². The minimum Gasteiger partial charge on any atom is -0.0654 e. The molecule has 0 nitrogen and oxygen atoms in total. The maximum absolute atomic E-state index is 2.67. The fraction of sp³-hybridized carbons (Fsp3) is 1.00. The number of hydrogen-bond acceptors (Lipinski definition) is 0. The first-order chi connectivity index (χ1) is 56.5. The molecule has 0 heteroatoms. The van der Waals surface area contributed by atoms with Crippen molar-refractivity contribution in [2.45, 2.75) is 710 Å². The van der Waals surface area contributed by atoms with E-state index < -0.39 is 0 Å². The van der Waals surface area contributed by atoms with Crippen LogP contribution >= 0.6 is 0 Å². The highest BCUT2D eigenvalue weighted by Crippen LogP contribution is 2.61. The minimum absolute atomic E-state index is 0.493. The van der Waals surface area contributed by atoms with Crippen molar-refractivity contribution in [1.82, 2.24) is 0 Å². The molecule has 0 aliphatic rings. The van der Waals surface area contributed by atoms with E-state index in [1.54, 1.807) is 38.5 Å². The summed E-state index contributed by atoms with van der Waals surface area (Å²) in [4.78, 5) is 0. The van der Waals surface area contributed by atoms with Gasteiger partial charge in [0, 0.05) is 0 Å². The SMILES string of the molecule is CCCCCCCCCCCCCCCCCCCCCCCCC(CC(CCCC)CCCCCCCCCCCCCCCCCCCCCC)(CC(CCCCC)CCCCCCCCCCCCCCCCCCCCCC)C(CCC)(CCCCCC)CCCCCCCCCCCCCCCCCCCCCC. The second-order valence-corrected chi connectivity index (χ2v) is 40.6. The molecule has 0 spiro atoms. The van der Waals surface area contributed by atoms with E-state index in [4.69, 9.17) is 0 Å². The number of rotatable bonds is 105. The van der Waals surface area contributed by atoms with Crippen LogP contribution in [0.2, 0.25) is 0 Å². The average molecular weight is 1600 g/mol. The van der Waals surface area contributed by atoms with E-state index in [9.17, 15) is 0 Å². The third-order valence-electron chi connectivity index (χ3n) is 29.4. The Morgan fingerprint density at radius 3 is 0.404 bits per heavy atom. The highest BCUT2D eigenvalue weighted by Gasteiger charge is 2.50. The normalized spacial score (nSPS) is 13.6. The largest absolute Gasteiger partial charge is 0.0654 e. The molecule has 0 aromatic heterocycles. The van der Waals surface area contributed by atoms with Crippen LogP contribution in [0, 0.1) is 22.7 Å². The summed E-state index contributed by atoms with van der Waals surface area (Å²) in [5.41, 5.74) is 0.998. The van der Waals surface area contributed by atoms with Crippen LogP contribution in [0.3, 0.4) is 0 Å². The second-order valence-electron chi connectivity index (χ2n) is 40.6. The Morgan fingerprint density at radius 2 is 0.228 bits per heavy atom. The van der Waals surface area contributed by atoms with Gasteiger partial charge in [0.1, 0.15) is 0 Å². The van der Waals surface area contributed by atoms with E-state index >= 15 is 0 Å². The molecular weight excluding hydrogens is 1370 g/mol. The molecular formula is C114H230. The molecule has 0 fully saturated rings. The first-order valence-electron chi connectivity index (χ1n) is 56.5. The average Bonchev–Trinajstić information content (AvgIpc) is 0.759. The van der Waals surface area contributed by atoms with Crippen LogP contribution in [0.5, 0.6) is 0 Å². The molecule has 0 saturated carbocycles. The Hall–Kier alpha value is 0. The lowest BCUT2D eigenvalue weighted by Crippen LogP contribution is -2.45. The van der Waals surface area contributed by atoms with Crippen LogP contribution in [0.15, 0.2) is 0 Å². The van der Waals surface area contributed by atoms with Crippen LogP contribution in [0.4, 0.5) is 0 Å². The Labute approximate surface area is 728 Å². The molecule has 0 aliphatic carbocycles. The predicted octanol–water partition coefficient (Wildman–Crippen LogP) is 44.1. The van der Waals surface area contributed by atoms with Gasteiger partial charge in [-0.05, 0) is 61.2 Å². The topological polar surface area (TPSA) is 0 Å². The van der Waals surface area contributed by atoms with Crippen molar-refractivity contribution in [3.63, 3.8) is 0 Å². The van der Waals surface area contributed by atoms with Crippen molar-refractivity contribution < 1.29 is 0 Å². The zero-order chi connectivity index (χ0) is 82.3. The molecule has 686 valence electrons. The van der Waals surface area contributed by atoms with E-state index in [1.165, 1.54) is 616 Å². The molecule has 0 aromatic carbocycles. The molecule has 0 aromatic rings. The molecule has 0 N–H and O–H groups in total. The molecule has 0 radical (unpaired) electrons. The second kappa shape index (κ2) is 98.4. The highest BCUT2D eigenvalue weighted by atomic mass is 14.5. The van der Waals surface area contributed by atoms with Crippen LogP contribution < -0.4 is 0 Å². The monoisotopic (exact) mass is 1600 g/mol. The highest BCUT2D eigenvalue weighted by molar-refractivity contribution is 5.01. The summed E-state index contributed by atoms with van der Waals surface area (Å²) >= 11 is 0. The summed E-state index contributed by atoms with van der Waals surface area (Å²) in [6, 6.07) is 0. The van der Waals surface area contributed by atoms with Gasteiger partial charge in [-0.3, -0.25) is 0 Å². The van der Waals surface area contributed by atoms with Gasteiger partial charge >= 0.3 is 0 Å². The van der Waals surface area contributed by atoms with Crippen LogP contribution in [-0.4, -0.2) is 0 Å². The summed E-state index contributed by atoms with van der Waals surface area (Å²) in [7, 11) is 0. The van der Waals surface area contributed by atoms with Gasteiger partial charge in [-0.15, -0.1) is 0 Å². The summed E-state index contributed by atoms with van der Waals surface area (Å²) in [6.07, 6.45) is 152. The van der Waals surface area contributed by atoms with Crippen molar-refractivity contribution in [2.75, 3.05) is 0 Å². The summed E-state index contributed by atoms with van der Waals surface area (Å²) < 4.78 is 0. The van der Waals surface area contributed by atoms with Gasteiger partial charge in [-0.25, -0.2) is 0 Å². The molecule has 0 bridgehead atoms. The zero-order valence-electron chi connectivity index (χ0n) is 82.3. The Balaban J connectivity index is 6.56. The fourth-order valence-corrected chi connectivity index (χ4v) is 21.7. The van der Waals surface area contributed by atoms with Gasteiger partial charge in [0.2, 0.25) is 0 Å². The molecule has 0 heterocycles. The maximum Gasteiger partial charge on any atom is -0.0236 e. The summed E-state index contributed by atoms with van der Waals surface area (Å²) in [6.45, 7) is 19.6. The lowest BCUT2D eigenvalue weighted by molar-refractivity contribution is -0.0533. The molecule has 0 saturated heterocycles. The zero-order valence-corrected chi connectivity index (χ0v) is 82.3. The predicted molar refractivity (Wildman–Crippen MR) is 528 cm³/mol. The van der Waals surface area contributed by atoms with E-state index in [2.05, 4.69) is 55.4 Å². The third kappa shape index (κ3) is 80.4. The molecule has 0 rings (SSSR count). The van der Waals surface area contributed by atoms with Crippen LogP contribution in [-0.2, 0) is 0 Å². The summed E-state index contributed by atoms with van der Waals surface area (Å²) in [5.74, 6) is 1.86. The molecule has 4 unspecified atom stereocenters. The first-order valence-corrected chi connectivity index (χ1v) is 56.5. The van der Waals surface area contributed by atoms with Gasteiger partial charge in [0.25, 0.3) is 0 Å². The van der Waals surface area contributed by atoms with E-state index in [1.807, 2.05) is 0 Å². The van der Waals surface area contributed by atoms with E-state index in [0.717, 1.165) is 11.8 Å². The van der Waals surface area contributed by atoms with Gasteiger partial charge in [0.15, 0.2) is 0 Å². The van der Waals surface area contributed by atoms with Gasteiger partial charge < -0.3 is 0 Å². The van der Waals surface area contributed by atoms with Gasteiger partial charge in [0.05, 0.1) is 0 Å².